The number of rotatable bonds is 7. The van der Waals surface area contributed by atoms with Crippen LogP contribution in [0.15, 0.2) is 41.3 Å². The number of amides is 1. The van der Waals surface area contributed by atoms with Crippen molar-refractivity contribution in [1.82, 2.24) is 15.5 Å². The summed E-state index contributed by atoms with van der Waals surface area (Å²) in [6.07, 6.45) is -4.56. The van der Waals surface area contributed by atoms with Gasteiger partial charge in [0.1, 0.15) is 0 Å². The van der Waals surface area contributed by atoms with Gasteiger partial charge in [-0.2, -0.15) is 13.2 Å². The van der Waals surface area contributed by atoms with Gasteiger partial charge in [0.05, 0.1) is 16.4 Å². The molecule has 2 aromatic rings. The average molecular weight is 488 g/mol. The Morgan fingerprint density at radius 2 is 1.91 bits per heavy atom. The fourth-order valence-corrected chi connectivity index (χ4v) is 4.70. The first kappa shape index (κ1) is 24.7. The minimum absolute atomic E-state index is 0.00381. The third kappa shape index (κ3) is 6.54. The summed E-state index contributed by atoms with van der Waals surface area (Å²) in [5.74, 6) is -0.239. The zero-order chi connectivity index (χ0) is 23.3. The van der Waals surface area contributed by atoms with Crippen molar-refractivity contribution in [2.24, 2.45) is 0 Å². The number of benzene rings is 2. The minimum Gasteiger partial charge on any atom is -0.348 e. The number of nitrogens with one attached hydrogen (secondary N) is 2. The van der Waals surface area contributed by atoms with Crippen LogP contribution in [-0.2, 0) is 30.1 Å². The maximum atomic E-state index is 13.5. The molecule has 174 valence electrons. The van der Waals surface area contributed by atoms with E-state index in [0.717, 1.165) is 38.3 Å². The molecule has 1 unspecified atom stereocenters. The predicted octanol–water partition coefficient (Wildman–Crippen LogP) is 3.82. The molecule has 1 aliphatic rings. The van der Waals surface area contributed by atoms with E-state index in [0.29, 0.717) is 33.3 Å². The number of halogens is 4. The Bertz CT molecular complexity index is 995. The second-order valence-corrected chi connectivity index (χ2v) is 9.66. The van der Waals surface area contributed by atoms with Gasteiger partial charge in [0.15, 0.2) is 0 Å². The number of carbonyl (C=O) groups excluding carboxylic acids is 1. The summed E-state index contributed by atoms with van der Waals surface area (Å²) >= 11 is 6.04. The molecule has 1 saturated heterocycles. The largest absolute Gasteiger partial charge is 0.416 e. The first-order valence-corrected chi connectivity index (χ1v) is 12.0. The van der Waals surface area contributed by atoms with E-state index in [1.54, 1.807) is 25.1 Å². The molecule has 0 saturated carbocycles. The topological polar surface area (TPSA) is 61.4 Å². The lowest BCUT2D eigenvalue weighted by Gasteiger charge is -2.27. The first-order chi connectivity index (χ1) is 15.2. The van der Waals surface area contributed by atoms with Gasteiger partial charge in [0.2, 0.25) is 0 Å². The maximum Gasteiger partial charge on any atom is 0.416 e. The van der Waals surface area contributed by atoms with E-state index in [4.69, 9.17) is 11.6 Å². The Hall–Kier alpha value is -1.94. The van der Waals surface area contributed by atoms with Gasteiger partial charge in [-0.05, 0) is 47.5 Å². The zero-order valence-electron chi connectivity index (χ0n) is 17.6. The van der Waals surface area contributed by atoms with E-state index in [2.05, 4.69) is 10.6 Å². The molecule has 32 heavy (non-hydrogen) atoms. The lowest BCUT2D eigenvalue weighted by atomic mass is 10.0. The van der Waals surface area contributed by atoms with Crippen LogP contribution in [0.1, 0.15) is 34.0 Å². The number of alkyl halides is 3. The van der Waals surface area contributed by atoms with E-state index in [-0.39, 0.29) is 12.1 Å². The first-order valence-electron chi connectivity index (χ1n) is 10.3. The molecule has 1 aliphatic heterocycles. The van der Waals surface area contributed by atoms with Crippen molar-refractivity contribution in [1.29, 1.82) is 0 Å². The Balaban J connectivity index is 1.82. The molecule has 3 rings (SSSR count). The molecule has 1 fully saturated rings. The van der Waals surface area contributed by atoms with Crippen LogP contribution in [0.4, 0.5) is 13.2 Å². The van der Waals surface area contributed by atoms with Gasteiger partial charge in [-0.15, -0.1) is 0 Å². The van der Waals surface area contributed by atoms with Crippen molar-refractivity contribution in [3.8, 4) is 0 Å². The SMILES string of the molecule is CCS(=O)c1ccc(Cl)cc1CNC(=O)c1cc(CN2CCNCC2)cc(C(F)(F)F)c1. The fourth-order valence-electron chi connectivity index (χ4n) is 3.55. The highest BCUT2D eigenvalue weighted by molar-refractivity contribution is 7.85. The minimum atomic E-state index is -4.56. The average Bonchev–Trinajstić information content (AvgIpc) is 2.77. The van der Waals surface area contributed by atoms with Crippen LogP contribution in [0.5, 0.6) is 0 Å². The molecule has 0 bridgehead atoms. The number of hydrogen-bond acceptors (Lipinski definition) is 4. The second kappa shape index (κ2) is 10.8. The van der Waals surface area contributed by atoms with Gasteiger partial charge in [0, 0.05) is 60.5 Å². The van der Waals surface area contributed by atoms with E-state index >= 15 is 0 Å². The highest BCUT2D eigenvalue weighted by Gasteiger charge is 2.32. The molecule has 2 aromatic carbocycles. The molecular weight excluding hydrogens is 463 g/mol. The number of carbonyl (C=O) groups is 1. The fraction of sp³-hybridized carbons (Fsp3) is 0.409. The standard InChI is InChI=1S/C22H25ClF3N3O2S/c1-2-32(31)20-4-3-19(23)12-17(20)13-28-21(30)16-9-15(10-18(11-16)22(24,25)26)14-29-7-5-27-6-8-29/h3-4,9-12,27H,2,5-8,13-14H2,1H3,(H,28,30). The highest BCUT2D eigenvalue weighted by atomic mass is 35.5. The van der Waals surface area contributed by atoms with Gasteiger partial charge in [-0.3, -0.25) is 13.9 Å². The highest BCUT2D eigenvalue weighted by Crippen LogP contribution is 2.31. The summed E-state index contributed by atoms with van der Waals surface area (Å²) in [5, 5.41) is 6.27. The number of piperazine rings is 1. The summed E-state index contributed by atoms with van der Waals surface area (Å²) in [5.41, 5.74) is 0.0809. The van der Waals surface area contributed by atoms with Gasteiger partial charge in [-0.1, -0.05) is 18.5 Å². The number of hydrogen-bond donors (Lipinski definition) is 2. The van der Waals surface area contributed by atoms with Crippen LogP contribution < -0.4 is 10.6 Å². The van der Waals surface area contributed by atoms with Gasteiger partial charge >= 0.3 is 6.18 Å². The van der Waals surface area contributed by atoms with E-state index in [1.807, 2.05) is 4.90 Å². The smallest absolute Gasteiger partial charge is 0.348 e. The third-order valence-electron chi connectivity index (χ3n) is 5.17. The summed E-state index contributed by atoms with van der Waals surface area (Å²) in [7, 11) is -1.26. The Labute approximate surface area is 192 Å². The molecule has 1 atom stereocenters. The van der Waals surface area contributed by atoms with Crippen LogP contribution >= 0.6 is 11.6 Å². The van der Waals surface area contributed by atoms with Crippen LogP contribution in [0.3, 0.4) is 0 Å². The summed E-state index contributed by atoms with van der Waals surface area (Å²) in [6.45, 7) is 5.11. The van der Waals surface area contributed by atoms with Crippen LogP contribution in [-0.4, -0.2) is 46.9 Å². The molecule has 0 spiro atoms. The Kier molecular flexibility index (Phi) is 8.32. The maximum absolute atomic E-state index is 13.5. The zero-order valence-corrected chi connectivity index (χ0v) is 19.2. The van der Waals surface area contributed by atoms with Gasteiger partial charge < -0.3 is 10.6 Å². The molecular formula is C22H25ClF3N3O2S. The van der Waals surface area contributed by atoms with Crippen molar-refractivity contribution in [2.45, 2.75) is 31.1 Å². The molecule has 5 nitrogen and oxygen atoms in total. The van der Waals surface area contributed by atoms with E-state index in [9.17, 15) is 22.2 Å². The van der Waals surface area contributed by atoms with Crippen molar-refractivity contribution < 1.29 is 22.2 Å². The molecule has 0 radical (unpaired) electrons. The van der Waals surface area contributed by atoms with Gasteiger partial charge in [-0.25, -0.2) is 0 Å². The number of nitrogens with zero attached hydrogens (tertiary/aromatic N) is 1. The molecule has 10 heteroatoms. The van der Waals surface area contributed by atoms with Crippen LogP contribution in [0.25, 0.3) is 0 Å². The molecule has 2 N–H and O–H groups in total. The van der Waals surface area contributed by atoms with E-state index < -0.39 is 28.4 Å². The monoisotopic (exact) mass is 487 g/mol. The van der Waals surface area contributed by atoms with Crippen molar-refractivity contribution >= 4 is 28.3 Å². The summed E-state index contributed by atoms with van der Waals surface area (Å²) < 4.78 is 52.7. The van der Waals surface area contributed by atoms with Crippen LogP contribution in [0.2, 0.25) is 5.02 Å². The quantitative estimate of drug-likeness (QED) is 0.623. The Morgan fingerprint density at radius 1 is 1.19 bits per heavy atom. The third-order valence-corrected chi connectivity index (χ3v) is 6.82. The summed E-state index contributed by atoms with van der Waals surface area (Å²) in [4.78, 5) is 15.4. The lowest BCUT2D eigenvalue weighted by Crippen LogP contribution is -2.42. The van der Waals surface area contributed by atoms with Gasteiger partial charge in [0.25, 0.3) is 5.91 Å². The molecule has 1 amide bonds. The molecule has 0 aromatic heterocycles. The normalized spacial score (nSPS) is 16.0. The van der Waals surface area contributed by atoms with Crippen molar-refractivity contribution in [3.05, 3.63) is 63.7 Å². The summed E-state index contributed by atoms with van der Waals surface area (Å²) in [6, 6.07) is 8.31. The predicted molar refractivity (Wildman–Crippen MR) is 119 cm³/mol. The van der Waals surface area contributed by atoms with Crippen molar-refractivity contribution in [2.75, 3.05) is 31.9 Å². The molecule has 0 aliphatic carbocycles. The Morgan fingerprint density at radius 3 is 2.56 bits per heavy atom. The second-order valence-electron chi connectivity index (χ2n) is 7.51. The van der Waals surface area contributed by atoms with E-state index in [1.165, 1.54) is 6.07 Å². The van der Waals surface area contributed by atoms with Crippen molar-refractivity contribution in [3.63, 3.8) is 0 Å². The van der Waals surface area contributed by atoms with Crippen LogP contribution in [0, 0.1) is 0 Å². The molecule has 1 heterocycles. The lowest BCUT2D eigenvalue weighted by molar-refractivity contribution is -0.137.